The molecule has 2 aromatic rings. The van der Waals surface area contributed by atoms with Crippen molar-refractivity contribution in [3.8, 4) is 22.5 Å². The third-order valence-electron chi connectivity index (χ3n) is 8.80. The van der Waals surface area contributed by atoms with Gasteiger partial charge < -0.3 is 19.7 Å². The lowest BCUT2D eigenvalue weighted by Gasteiger charge is -2.38. The van der Waals surface area contributed by atoms with Crippen LogP contribution in [-0.4, -0.2) is 72.5 Å². The molecule has 1 fully saturated rings. The number of carboxylic acid groups (broad SMARTS) is 1. The van der Waals surface area contributed by atoms with Crippen LogP contribution in [0.3, 0.4) is 0 Å². The number of nitrogens with one attached hydrogen (secondary N) is 1. The number of carbonyl (C=O) groups excluding carboxylic acids is 3. The summed E-state index contributed by atoms with van der Waals surface area (Å²) in [7, 11) is -9.04. The Morgan fingerprint density at radius 1 is 1.00 bits per heavy atom. The summed E-state index contributed by atoms with van der Waals surface area (Å²) in [6.45, 7) is 5.47. The Kier molecular flexibility index (Phi) is 8.57. The van der Waals surface area contributed by atoms with E-state index in [1.54, 1.807) is 6.07 Å². The number of amides is 2. The van der Waals surface area contributed by atoms with Gasteiger partial charge in [-0.25, -0.2) is 9.59 Å². The maximum absolute atomic E-state index is 13.2. The zero-order valence-corrected chi connectivity index (χ0v) is 29.1. The van der Waals surface area contributed by atoms with Gasteiger partial charge in [0.2, 0.25) is 0 Å². The van der Waals surface area contributed by atoms with Crippen molar-refractivity contribution in [3.63, 3.8) is 0 Å². The molecule has 1 aliphatic carbocycles. The number of carboxylic acids is 1. The fourth-order valence-corrected chi connectivity index (χ4v) is 8.47. The summed E-state index contributed by atoms with van der Waals surface area (Å²) in [5.41, 5.74) is -1.32. The van der Waals surface area contributed by atoms with E-state index in [4.69, 9.17) is 9.25 Å². The van der Waals surface area contributed by atoms with Gasteiger partial charge in [0.1, 0.15) is 0 Å². The lowest BCUT2D eigenvalue weighted by molar-refractivity contribution is -0.197. The minimum absolute atomic E-state index is 0.00479. The number of hydrogen-bond acceptors (Lipinski definition) is 12. The summed E-state index contributed by atoms with van der Waals surface area (Å²) in [6, 6.07) is 7.96. The lowest BCUT2D eigenvalue weighted by atomic mass is 9.80. The van der Waals surface area contributed by atoms with E-state index in [0.717, 1.165) is 6.07 Å². The highest BCUT2D eigenvalue weighted by atomic mass is 32.2. The highest BCUT2D eigenvalue weighted by Crippen LogP contribution is 2.50. The van der Waals surface area contributed by atoms with E-state index in [9.17, 15) is 50.2 Å². The number of nitrogens with zero attached hydrogens (tertiary/aromatic N) is 2. The molecule has 3 heterocycles. The van der Waals surface area contributed by atoms with Crippen LogP contribution in [0.5, 0.6) is 0 Å². The molecule has 0 spiro atoms. The number of rotatable bonds is 7. The Morgan fingerprint density at radius 3 is 2.22 bits per heavy atom. The number of hydroxylamine groups is 2. The summed E-state index contributed by atoms with van der Waals surface area (Å²) in [6.07, 6.45) is -0.295. The summed E-state index contributed by atoms with van der Waals surface area (Å²) < 4.78 is 79.1. The molecule has 1 unspecified atom stereocenters. The van der Waals surface area contributed by atoms with Crippen molar-refractivity contribution < 1.29 is 59.5 Å². The van der Waals surface area contributed by atoms with Crippen LogP contribution >= 0.6 is 0 Å². The summed E-state index contributed by atoms with van der Waals surface area (Å²) >= 11 is 0. The molecule has 0 aromatic heterocycles. The zero-order valence-electron chi connectivity index (χ0n) is 27.5. The second-order valence-electron chi connectivity index (χ2n) is 13.0. The van der Waals surface area contributed by atoms with Crippen molar-refractivity contribution in [3.05, 3.63) is 58.4 Å². The fraction of sp³-hybridized carbons (Fsp3) is 0.303. The van der Waals surface area contributed by atoms with Crippen LogP contribution in [-0.2, 0) is 45.9 Å². The minimum Gasteiger partial charge on any atom is -0.478 e. The van der Waals surface area contributed by atoms with Gasteiger partial charge in [-0.15, -0.1) is 5.06 Å². The predicted octanol–water partition coefficient (Wildman–Crippen LogP) is 3.77. The van der Waals surface area contributed by atoms with Gasteiger partial charge in [0.15, 0.2) is 21.1 Å². The molecule has 16 nitrogen and oxygen atoms in total. The quantitative estimate of drug-likeness (QED) is 0.120. The topological polar surface area (TPSA) is 247 Å². The van der Waals surface area contributed by atoms with Crippen molar-refractivity contribution in [2.75, 3.05) is 12.4 Å². The van der Waals surface area contributed by atoms with Gasteiger partial charge in [0, 0.05) is 41.9 Å². The third kappa shape index (κ3) is 6.35. The molecule has 2 amide bonds. The van der Waals surface area contributed by atoms with Crippen molar-refractivity contribution in [1.82, 2.24) is 5.06 Å². The summed E-state index contributed by atoms with van der Waals surface area (Å²) in [4.78, 5) is 56.6. The van der Waals surface area contributed by atoms with Crippen molar-refractivity contribution in [2.24, 2.45) is 4.99 Å². The Bertz CT molecular complexity index is 2470. The molecule has 4 N–H and O–H groups in total. The van der Waals surface area contributed by atoms with Gasteiger partial charge in [-0.05, 0) is 67.1 Å². The predicted molar refractivity (Wildman–Crippen MR) is 178 cm³/mol. The molecular weight excluding hydrogens is 711 g/mol. The first kappa shape index (κ1) is 35.6. The van der Waals surface area contributed by atoms with Crippen LogP contribution < -0.4 is 10.7 Å². The molecule has 3 aliphatic heterocycles. The van der Waals surface area contributed by atoms with Crippen LogP contribution in [0.25, 0.3) is 33.4 Å². The molecule has 0 saturated carbocycles. The van der Waals surface area contributed by atoms with E-state index in [1.165, 1.54) is 31.3 Å². The molecule has 6 rings (SSSR count). The van der Waals surface area contributed by atoms with E-state index < -0.39 is 82.6 Å². The second kappa shape index (κ2) is 12.3. The molecule has 1 saturated heterocycles. The van der Waals surface area contributed by atoms with Crippen molar-refractivity contribution in [2.45, 2.75) is 67.7 Å². The van der Waals surface area contributed by atoms with Crippen LogP contribution in [0.4, 0.5) is 5.69 Å². The molecule has 18 heteroatoms. The van der Waals surface area contributed by atoms with Crippen LogP contribution in [0, 0.1) is 0 Å². The zero-order chi connectivity index (χ0) is 37.4. The van der Waals surface area contributed by atoms with Crippen molar-refractivity contribution >= 4 is 60.6 Å². The second-order valence-corrected chi connectivity index (χ2v) is 15.7. The minimum atomic E-state index is -5.15. The van der Waals surface area contributed by atoms with E-state index >= 15 is 0 Å². The number of benzene rings is 3. The van der Waals surface area contributed by atoms with Gasteiger partial charge >= 0.3 is 11.9 Å². The maximum Gasteiger partial charge on any atom is 0.337 e. The maximum atomic E-state index is 13.2. The van der Waals surface area contributed by atoms with E-state index in [2.05, 4.69) is 10.3 Å². The largest absolute Gasteiger partial charge is 0.478 e. The van der Waals surface area contributed by atoms with Crippen LogP contribution in [0.15, 0.2) is 55.6 Å². The number of carbonyl (C=O) groups is 4. The lowest BCUT2D eigenvalue weighted by Crippen LogP contribution is -2.37. The SMILES string of the molecule is CN=c1ccc2c(-c3ccc(CC(=O)ON4C(=O)CCC4=O)cc3C(=O)O)c3cc4c(c(S(=O)(=O)O)c3oc-2c1S(=O)(=O)O)NC(C)(C)CC4C. The Morgan fingerprint density at radius 2 is 1.63 bits per heavy atom. The first-order valence-electron chi connectivity index (χ1n) is 15.4. The number of imide groups is 1. The highest BCUT2D eigenvalue weighted by molar-refractivity contribution is 7.86. The molecule has 4 aliphatic rings. The first-order valence-corrected chi connectivity index (χ1v) is 18.3. The molecule has 1 atom stereocenters. The number of aromatic carboxylic acids is 1. The molecule has 2 aromatic carbocycles. The summed E-state index contributed by atoms with van der Waals surface area (Å²) in [5, 5.41) is 13.6. The van der Waals surface area contributed by atoms with Crippen molar-refractivity contribution in [1.29, 1.82) is 0 Å². The van der Waals surface area contributed by atoms with Crippen LogP contribution in [0.2, 0.25) is 0 Å². The van der Waals surface area contributed by atoms with Gasteiger partial charge in [0.05, 0.1) is 23.0 Å². The Hall–Kier alpha value is -5.17. The average Bonchev–Trinajstić information content (AvgIpc) is 3.32. The van der Waals surface area contributed by atoms with Crippen LogP contribution in [0.1, 0.15) is 67.4 Å². The normalized spacial score (nSPS) is 17.9. The molecule has 0 radical (unpaired) electrons. The molecule has 268 valence electrons. The summed E-state index contributed by atoms with van der Waals surface area (Å²) in [5.74, 6) is -4.83. The first-order chi connectivity index (χ1) is 23.7. The monoisotopic (exact) mass is 741 g/mol. The average molecular weight is 742 g/mol. The van der Waals surface area contributed by atoms with Gasteiger partial charge in [-0.1, -0.05) is 19.1 Å². The number of fused-ring (bicyclic) bond motifs is 3. The van der Waals surface area contributed by atoms with Gasteiger partial charge in [-0.2, -0.15) is 16.8 Å². The Labute approximate surface area is 290 Å². The van der Waals surface area contributed by atoms with E-state index in [1.807, 2.05) is 20.8 Å². The van der Waals surface area contributed by atoms with Gasteiger partial charge in [0.25, 0.3) is 32.1 Å². The van der Waals surface area contributed by atoms with E-state index in [-0.39, 0.29) is 57.4 Å². The molecule has 51 heavy (non-hydrogen) atoms. The fourth-order valence-electron chi connectivity index (χ4n) is 6.84. The highest BCUT2D eigenvalue weighted by Gasteiger charge is 2.38. The number of hydrogen-bond donors (Lipinski definition) is 4. The molecular formula is C33H31N3O13S2. The smallest absolute Gasteiger partial charge is 0.337 e. The third-order valence-corrected chi connectivity index (χ3v) is 10.6. The standard InChI is InChI=1S/C33H31N3O13S2/c1-15-14-33(2,3)35-27-19(15)13-21-26(17-6-5-16(11-20(17)32(40)41)12-25(39)49-36-23(37)9-10-24(36)38)18-7-8-22(34-4)30(50(42,43)44)28(18)48-29(21)31(27)51(45,46)47/h5-8,11,13,15,35H,9-10,12,14H2,1-4H3,(H,40,41)(H,42,43,44)(H,45,46,47). The van der Waals surface area contributed by atoms with Gasteiger partial charge in [-0.3, -0.25) is 23.7 Å². The Balaban J connectivity index is 1.69. The number of anilines is 1. The van der Waals surface area contributed by atoms with E-state index in [0.29, 0.717) is 17.0 Å². The molecule has 0 bridgehead atoms.